The number of benzene rings is 2. The van der Waals surface area contributed by atoms with Gasteiger partial charge in [-0.1, -0.05) is 30.3 Å². The molecule has 2 aromatic carbocycles. The average Bonchev–Trinajstić information content (AvgIpc) is 3.12. The van der Waals surface area contributed by atoms with Gasteiger partial charge in [0.15, 0.2) is 11.5 Å². The van der Waals surface area contributed by atoms with Crippen molar-refractivity contribution in [2.45, 2.75) is 19.3 Å². The van der Waals surface area contributed by atoms with Crippen LogP contribution in [0.3, 0.4) is 0 Å². The first kappa shape index (κ1) is 25.5. The molecule has 0 aliphatic carbocycles. The second-order valence-corrected chi connectivity index (χ2v) is 9.79. The molecule has 3 rings (SSSR count). The van der Waals surface area contributed by atoms with Crippen LogP contribution in [0.15, 0.2) is 42.5 Å². The smallest absolute Gasteiger partial charge is 0.264 e. The molecule has 1 saturated heterocycles. The number of hydrogen-bond donors (Lipinski definition) is 0. The predicted molar refractivity (Wildman–Crippen MR) is 125 cm³/mol. The van der Waals surface area contributed by atoms with Gasteiger partial charge in [0.05, 0.1) is 39.6 Å². The van der Waals surface area contributed by atoms with Gasteiger partial charge >= 0.3 is 0 Å². The lowest BCUT2D eigenvalue weighted by molar-refractivity contribution is -0.134. The van der Waals surface area contributed by atoms with E-state index in [1.165, 1.54) is 38.4 Å². The highest BCUT2D eigenvalue weighted by Crippen LogP contribution is 2.42. The third-order valence-corrected chi connectivity index (χ3v) is 6.53. The fraction of sp³-hybridized carbons (Fsp3) is 0.417. The monoisotopic (exact) mass is 491 g/mol. The van der Waals surface area contributed by atoms with Crippen molar-refractivity contribution < 1.29 is 36.4 Å². The third-order valence-electron chi connectivity index (χ3n) is 5.93. The summed E-state index contributed by atoms with van der Waals surface area (Å²) in [5, 5.41) is 0. The van der Waals surface area contributed by atoms with Crippen molar-refractivity contribution >= 4 is 21.9 Å². The van der Waals surface area contributed by atoms with Gasteiger partial charge in [-0.05, 0) is 37.0 Å². The molecule has 0 aromatic heterocycles. The van der Waals surface area contributed by atoms with E-state index in [0.717, 1.165) is 11.8 Å². The van der Waals surface area contributed by atoms with E-state index in [2.05, 4.69) is 0 Å². The lowest BCUT2D eigenvalue weighted by Crippen LogP contribution is -2.40. The molecular formula is C24H29NO8S. The molecule has 1 heterocycles. The maximum Gasteiger partial charge on any atom is 0.264 e. The molecule has 34 heavy (non-hydrogen) atoms. The summed E-state index contributed by atoms with van der Waals surface area (Å²) in [4.78, 5) is 28.2. The highest BCUT2D eigenvalue weighted by atomic mass is 32.2. The number of carbonyl (C=O) groups excluding carboxylic acids is 2. The van der Waals surface area contributed by atoms with E-state index in [0.29, 0.717) is 30.1 Å². The van der Waals surface area contributed by atoms with Crippen LogP contribution in [0, 0.1) is 5.41 Å². The Kier molecular flexibility index (Phi) is 7.83. The number of likely N-dealkylation sites (tertiary alicyclic amines) is 1. The van der Waals surface area contributed by atoms with Gasteiger partial charge < -0.3 is 14.2 Å². The van der Waals surface area contributed by atoms with Gasteiger partial charge in [0, 0.05) is 12.1 Å². The zero-order chi connectivity index (χ0) is 24.9. The number of imide groups is 1. The van der Waals surface area contributed by atoms with Gasteiger partial charge in [0.1, 0.15) is 0 Å². The zero-order valence-electron chi connectivity index (χ0n) is 19.7. The highest BCUT2D eigenvalue weighted by molar-refractivity contribution is 7.85. The standard InChI is InChI=1S/C24H29NO8S/c1-30-19-14-18(15-20(31-2)21(19)32-3)22(26)25-12-10-24(23(25)27,11-13-33-34(4,28)29)16-17-8-6-5-7-9-17/h5-9,14-15H,10-13,16H2,1-4H3. The maximum atomic E-state index is 13.6. The van der Waals surface area contributed by atoms with Crippen LogP contribution < -0.4 is 14.2 Å². The van der Waals surface area contributed by atoms with Crippen LogP contribution in [0.25, 0.3) is 0 Å². The number of hydrogen-bond acceptors (Lipinski definition) is 8. The van der Waals surface area contributed by atoms with Crippen molar-refractivity contribution in [3.8, 4) is 17.2 Å². The Bertz CT molecular complexity index is 1120. The Morgan fingerprint density at radius 3 is 2.18 bits per heavy atom. The Balaban J connectivity index is 1.92. The molecule has 1 atom stereocenters. The summed E-state index contributed by atoms with van der Waals surface area (Å²) in [6, 6.07) is 12.4. The second kappa shape index (κ2) is 10.4. The number of rotatable bonds is 10. The quantitative estimate of drug-likeness (QED) is 0.369. The molecule has 184 valence electrons. The Labute approximate surface area is 199 Å². The second-order valence-electron chi connectivity index (χ2n) is 8.14. The van der Waals surface area contributed by atoms with E-state index in [9.17, 15) is 18.0 Å². The molecule has 2 amide bonds. The van der Waals surface area contributed by atoms with E-state index >= 15 is 0 Å². The summed E-state index contributed by atoms with van der Waals surface area (Å²) >= 11 is 0. The SMILES string of the molecule is COc1cc(C(=O)N2CCC(CCOS(C)(=O)=O)(Cc3ccccc3)C2=O)cc(OC)c1OC. The lowest BCUT2D eigenvalue weighted by atomic mass is 9.77. The molecule has 0 bridgehead atoms. The summed E-state index contributed by atoms with van der Waals surface area (Å²) in [5.74, 6) is 0.0731. The molecule has 1 unspecified atom stereocenters. The number of carbonyl (C=O) groups is 2. The Morgan fingerprint density at radius 1 is 1.03 bits per heavy atom. The predicted octanol–water partition coefficient (Wildman–Crippen LogP) is 2.68. The first-order valence-electron chi connectivity index (χ1n) is 10.7. The number of amides is 2. The van der Waals surface area contributed by atoms with Gasteiger partial charge in [-0.25, -0.2) is 0 Å². The van der Waals surface area contributed by atoms with Crippen LogP contribution in [0.2, 0.25) is 0 Å². The van der Waals surface area contributed by atoms with E-state index in [-0.39, 0.29) is 31.0 Å². The number of methoxy groups -OCH3 is 3. The van der Waals surface area contributed by atoms with Gasteiger partial charge in [-0.2, -0.15) is 8.42 Å². The average molecular weight is 492 g/mol. The lowest BCUT2D eigenvalue weighted by Gasteiger charge is -2.27. The van der Waals surface area contributed by atoms with Crippen LogP contribution in [0.5, 0.6) is 17.2 Å². The molecule has 0 saturated carbocycles. The van der Waals surface area contributed by atoms with Crippen molar-refractivity contribution in [1.82, 2.24) is 4.90 Å². The molecule has 0 radical (unpaired) electrons. The van der Waals surface area contributed by atoms with E-state index in [4.69, 9.17) is 18.4 Å². The van der Waals surface area contributed by atoms with E-state index in [1.54, 1.807) is 0 Å². The largest absolute Gasteiger partial charge is 0.493 e. The fourth-order valence-electron chi connectivity index (χ4n) is 4.23. The summed E-state index contributed by atoms with van der Waals surface area (Å²) in [7, 11) is 0.689. The van der Waals surface area contributed by atoms with Crippen molar-refractivity contribution in [2.24, 2.45) is 5.41 Å². The minimum absolute atomic E-state index is 0.149. The van der Waals surface area contributed by atoms with Crippen LogP contribution in [0.4, 0.5) is 0 Å². The van der Waals surface area contributed by atoms with Gasteiger partial charge in [-0.15, -0.1) is 0 Å². The van der Waals surface area contributed by atoms with Crippen LogP contribution in [-0.2, 0) is 25.5 Å². The Morgan fingerprint density at radius 2 is 1.65 bits per heavy atom. The van der Waals surface area contributed by atoms with Gasteiger partial charge in [-0.3, -0.25) is 18.7 Å². The molecule has 1 aliphatic rings. The summed E-state index contributed by atoms with van der Waals surface area (Å²) in [5.41, 5.74) is 0.158. The summed E-state index contributed by atoms with van der Waals surface area (Å²) in [6.07, 6.45) is 1.86. The van der Waals surface area contributed by atoms with Crippen molar-refractivity contribution in [3.63, 3.8) is 0 Å². The molecule has 0 N–H and O–H groups in total. The van der Waals surface area contributed by atoms with Gasteiger partial charge in [0.25, 0.3) is 16.0 Å². The molecule has 1 aliphatic heterocycles. The topological polar surface area (TPSA) is 108 Å². The van der Waals surface area contributed by atoms with E-state index in [1.807, 2.05) is 30.3 Å². The number of ether oxygens (including phenoxy) is 3. The normalized spacial score (nSPS) is 18.1. The Hall–Kier alpha value is -3.11. The molecular weight excluding hydrogens is 462 g/mol. The van der Waals surface area contributed by atoms with Crippen molar-refractivity contribution in [2.75, 3.05) is 40.7 Å². The summed E-state index contributed by atoms with van der Waals surface area (Å²) in [6.45, 7) is 0.0453. The first-order valence-corrected chi connectivity index (χ1v) is 12.5. The van der Waals surface area contributed by atoms with Crippen molar-refractivity contribution in [3.05, 3.63) is 53.6 Å². The fourth-order valence-corrected chi connectivity index (χ4v) is 4.62. The highest BCUT2D eigenvalue weighted by Gasteiger charge is 2.48. The molecule has 2 aromatic rings. The van der Waals surface area contributed by atoms with Crippen LogP contribution >= 0.6 is 0 Å². The van der Waals surface area contributed by atoms with E-state index < -0.39 is 21.4 Å². The maximum absolute atomic E-state index is 13.6. The van der Waals surface area contributed by atoms with Crippen LogP contribution in [0.1, 0.15) is 28.8 Å². The number of nitrogens with zero attached hydrogens (tertiary/aromatic N) is 1. The van der Waals surface area contributed by atoms with Gasteiger partial charge in [0.2, 0.25) is 11.7 Å². The molecule has 0 spiro atoms. The molecule has 1 fully saturated rings. The first-order chi connectivity index (χ1) is 16.1. The zero-order valence-corrected chi connectivity index (χ0v) is 20.5. The molecule has 9 nitrogen and oxygen atoms in total. The molecule has 10 heteroatoms. The minimum atomic E-state index is -3.66. The van der Waals surface area contributed by atoms with Crippen molar-refractivity contribution in [1.29, 1.82) is 0 Å². The summed E-state index contributed by atoms with van der Waals surface area (Å²) < 4.78 is 43.9. The van der Waals surface area contributed by atoms with Crippen LogP contribution in [-0.4, -0.2) is 65.9 Å². The minimum Gasteiger partial charge on any atom is -0.493 e. The third kappa shape index (κ3) is 5.51.